The number of aryl methyl sites for hydroxylation is 1. The first-order chi connectivity index (χ1) is 14.9. The van der Waals surface area contributed by atoms with Gasteiger partial charge in [-0.05, 0) is 25.3 Å². The molecule has 1 aromatic heterocycles. The fraction of sp³-hybridized carbons (Fsp3) is 0.545. The molecule has 8 nitrogen and oxygen atoms in total. The Labute approximate surface area is 184 Å². The number of aromatic nitrogens is 2. The lowest BCUT2D eigenvalue weighted by Crippen LogP contribution is -2.49. The summed E-state index contributed by atoms with van der Waals surface area (Å²) in [6, 6.07) is 12.1. The molecule has 3 heterocycles. The molecule has 1 atom stereocenters. The number of sulfone groups is 1. The Balaban J connectivity index is 1.25. The molecule has 0 saturated carbocycles. The van der Waals surface area contributed by atoms with Crippen LogP contribution in [0.4, 0.5) is 5.82 Å². The van der Waals surface area contributed by atoms with E-state index in [1.165, 1.54) is 5.56 Å². The molecule has 31 heavy (non-hydrogen) atoms. The van der Waals surface area contributed by atoms with E-state index >= 15 is 0 Å². The van der Waals surface area contributed by atoms with Gasteiger partial charge in [-0.3, -0.25) is 9.69 Å². The smallest absolute Gasteiger partial charge is 0.239 e. The van der Waals surface area contributed by atoms with Gasteiger partial charge in [0.15, 0.2) is 9.84 Å². The standard InChI is InChI=1S/C22H31N5O3S/c1-18-15-21(27(24-18)20-8-14-31(29,30)17-20)23-22(28)16-26-12-10-25(11-13-26)9-7-19-5-3-2-4-6-19/h2-6,15,20H,7-14,16-17H2,1H3,(H,23,28). The Hall–Kier alpha value is -2.23. The fourth-order valence-electron chi connectivity index (χ4n) is 4.35. The second-order valence-electron chi connectivity index (χ2n) is 8.57. The number of carbonyl (C=O) groups is 1. The summed E-state index contributed by atoms with van der Waals surface area (Å²) >= 11 is 0. The van der Waals surface area contributed by atoms with Crippen molar-refractivity contribution in [1.29, 1.82) is 0 Å². The number of piperazine rings is 1. The zero-order valence-electron chi connectivity index (χ0n) is 18.0. The van der Waals surface area contributed by atoms with Gasteiger partial charge in [0.1, 0.15) is 5.82 Å². The lowest BCUT2D eigenvalue weighted by Gasteiger charge is -2.34. The molecular weight excluding hydrogens is 414 g/mol. The molecule has 1 amide bonds. The van der Waals surface area contributed by atoms with Gasteiger partial charge in [0.25, 0.3) is 0 Å². The highest BCUT2D eigenvalue weighted by Crippen LogP contribution is 2.27. The van der Waals surface area contributed by atoms with Gasteiger partial charge >= 0.3 is 0 Å². The van der Waals surface area contributed by atoms with Gasteiger partial charge in [-0.25, -0.2) is 13.1 Å². The SMILES string of the molecule is Cc1cc(NC(=O)CN2CCN(CCc3ccccc3)CC2)n(C2CCS(=O)(=O)C2)n1. The van der Waals surface area contributed by atoms with Crippen LogP contribution in [0.5, 0.6) is 0 Å². The van der Waals surface area contributed by atoms with E-state index in [-0.39, 0.29) is 23.5 Å². The molecule has 9 heteroatoms. The molecule has 2 saturated heterocycles. The summed E-state index contributed by atoms with van der Waals surface area (Å²) in [6.07, 6.45) is 1.58. The van der Waals surface area contributed by atoms with Crippen LogP contribution < -0.4 is 5.32 Å². The summed E-state index contributed by atoms with van der Waals surface area (Å²) < 4.78 is 25.3. The van der Waals surface area contributed by atoms with E-state index < -0.39 is 9.84 Å². The summed E-state index contributed by atoms with van der Waals surface area (Å²) in [7, 11) is -3.02. The summed E-state index contributed by atoms with van der Waals surface area (Å²) in [4.78, 5) is 17.3. The number of anilines is 1. The monoisotopic (exact) mass is 445 g/mol. The molecule has 1 N–H and O–H groups in total. The normalized spacial score (nSPS) is 21.9. The maximum absolute atomic E-state index is 12.7. The molecular formula is C22H31N5O3S. The quantitative estimate of drug-likeness (QED) is 0.692. The number of nitrogens with one attached hydrogen (secondary N) is 1. The predicted molar refractivity (Wildman–Crippen MR) is 121 cm³/mol. The van der Waals surface area contributed by atoms with Crippen molar-refractivity contribution in [2.45, 2.75) is 25.8 Å². The van der Waals surface area contributed by atoms with Crippen LogP contribution in [0.3, 0.4) is 0 Å². The number of amides is 1. The topological polar surface area (TPSA) is 87.5 Å². The maximum atomic E-state index is 12.7. The third-order valence-electron chi connectivity index (χ3n) is 6.07. The van der Waals surface area contributed by atoms with Crippen molar-refractivity contribution < 1.29 is 13.2 Å². The summed E-state index contributed by atoms with van der Waals surface area (Å²) in [6.45, 7) is 6.85. The Morgan fingerprint density at radius 2 is 1.84 bits per heavy atom. The van der Waals surface area contributed by atoms with Crippen molar-refractivity contribution in [3.63, 3.8) is 0 Å². The van der Waals surface area contributed by atoms with Crippen molar-refractivity contribution in [3.05, 3.63) is 47.7 Å². The van der Waals surface area contributed by atoms with Gasteiger partial charge in [-0.15, -0.1) is 0 Å². The van der Waals surface area contributed by atoms with Gasteiger partial charge in [0.05, 0.1) is 29.8 Å². The van der Waals surface area contributed by atoms with Crippen LogP contribution in [-0.2, 0) is 21.1 Å². The molecule has 0 spiro atoms. The van der Waals surface area contributed by atoms with Crippen LogP contribution >= 0.6 is 0 Å². The molecule has 2 aliphatic heterocycles. The number of nitrogens with zero attached hydrogens (tertiary/aromatic N) is 4. The van der Waals surface area contributed by atoms with Crippen LogP contribution in [0.25, 0.3) is 0 Å². The van der Waals surface area contributed by atoms with Gasteiger partial charge in [0, 0.05) is 38.8 Å². The highest BCUT2D eigenvalue weighted by molar-refractivity contribution is 7.91. The summed E-state index contributed by atoms with van der Waals surface area (Å²) in [5.41, 5.74) is 2.12. The molecule has 2 aromatic rings. The molecule has 1 unspecified atom stereocenters. The minimum Gasteiger partial charge on any atom is -0.310 e. The average molecular weight is 446 g/mol. The molecule has 4 rings (SSSR count). The van der Waals surface area contributed by atoms with Gasteiger partial charge in [-0.2, -0.15) is 5.10 Å². The third-order valence-corrected chi connectivity index (χ3v) is 7.82. The van der Waals surface area contributed by atoms with Gasteiger partial charge in [-0.1, -0.05) is 30.3 Å². The molecule has 2 fully saturated rings. The Morgan fingerprint density at radius 1 is 1.13 bits per heavy atom. The van der Waals surface area contributed by atoms with Crippen LogP contribution in [0.1, 0.15) is 23.7 Å². The van der Waals surface area contributed by atoms with Crippen LogP contribution in [0, 0.1) is 6.92 Å². The Bertz CT molecular complexity index is 997. The number of benzene rings is 1. The first-order valence-electron chi connectivity index (χ1n) is 10.9. The van der Waals surface area contributed by atoms with E-state index in [1.54, 1.807) is 4.68 Å². The summed E-state index contributed by atoms with van der Waals surface area (Å²) in [5.74, 6) is 0.770. The fourth-order valence-corrected chi connectivity index (χ4v) is 6.04. The van der Waals surface area contributed by atoms with E-state index in [2.05, 4.69) is 44.5 Å². The number of rotatable bonds is 7. The van der Waals surface area contributed by atoms with Crippen molar-refractivity contribution in [2.75, 3.05) is 56.1 Å². The van der Waals surface area contributed by atoms with Crippen molar-refractivity contribution in [2.24, 2.45) is 0 Å². The van der Waals surface area contributed by atoms with Crippen LogP contribution in [0.2, 0.25) is 0 Å². The molecule has 0 radical (unpaired) electrons. The van der Waals surface area contributed by atoms with Gasteiger partial charge < -0.3 is 10.2 Å². The molecule has 168 valence electrons. The third kappa shape index (κ3) is 5.93. The zero-order valence-corrected chi connectivity index (χ0v) is 18.9. The van der Waals surface area contributed by atoms with Crippen molar-refractivity contribution in [3.8, 4) is 0 Å². The second-order valence-corrected chi connectivity index (χ2v) is 10.8. The van der Waals surface area contributed by atoms with Crippen LogP contribution in [-0.4, -0.2) is 84.7 Å². The maximum Gasteiger partial charge on any atom is 0.239 e. The minimum absolute atomic E-state index is 0.0836. The minimum atomic E-state index is -3.02. The lowest BCUT2D eigenvalue weighted by atomic mass is 10.1. The first-order valence-corrected chi connectivity index (χ1v) is 12.8. The predicted octanol–water partition coefficient (Wildman–Crippen LogP) is 1.35. The first kappa shape index (κ1) is 22.0. The van der Waals surface area contributed by atoms with Crippen molar-refractivity contribution >= 4 is 21.6 Å². The summed E-state index contributed by atoms with van der Waals surface area (Å²) in [5, 5.41) is 7.38. The second kappa shape index (κ2) is 9.50. The van der Waals surface area contributed by atoms with E-state index in [4.69, 9.17) is 0 Å². The molecule has 0 aliphatic carbocycles. The lowest BCUT2D eigenvalue weighted by molar-refractivity contribution is -0.117. The van der Waals surface area contributed by atoms with Gasteiger partial charge in [0.2, 0.25) is 5.91 Å². The average Bonchev–Trinajstić information content (AvgIpc) is 3.29. The molecule has 1 aromatic carbocycles. The number of carbonyl (C=O) groups excluding carboxylic acids is 1. The highest BCUT2D eigenvalue weighted by Gasteiger charge is 2.31. The molecule has 2 aliphatic rings. The number of hydrogen-bond acceptors (Lipinski definition) is 6. The Kier molecular flexibility index (Phi) is 6.74. The Morgan fingerprint density at radius 3 is 2.52 bits per heavy atom. The molecule has 0 bridgehead atoms. The van der Waals surface area contributed by atoms with E-state index in [0.717, 1.165) is 44.8 Å². The van der Waals surface area contributed by atoms with E-state index in [1.807, 2.05) is 19.1 Å². The van der Waals surface area contributed by atoms with E-state index in [0.29, 0.717) is 18.8 Å². The van der Waals surface area contributed by atoms with E-state index in [9.17, 15) is 13.2 Å². The van der Waals surface area contributed by atoms with Crippen LogP contribution in [0.15, 0.2) is 36.4 Å². The highest BCUT2D eigenvalue weighted by atomic mass is 32.2. The zero-order chi connectivity index (χ0) is 21.8. The van der Waals surface area contributed by atoms with Crippen molar-refractivity contribution in [1.82, 2.24) is 19.6 Å². The number of hydrogen-bond donors (Lipinski definition) is 1. The largest absolute Gasteiger partial charge is 0.310 e.